The number of nitrogens with zero attached hydrogens (tertiary/aromatic N) is 1. The standard InChI is InChI=1S/C25H34N4O10S/c1-13(30)37-7-15(18(32)27-16(20(34)36-6)8-38-14(2)31)26-19(33)17-9-40-21(28-17)24-10-25(11-24,12-24)29-22(35)39-23(3,4)5/h9,15-16H,7-8,10-12H2,1-6H3,(H,26,33)(H,27,32)(H,29,35)/t15-,16-,24?,25?/m0/s1. The predicted octanol–water partition coefficient (Wildman–Crippen LogP) is 0.724. The highest BCUT2D eigenvalue weighted by Gasteiger charge is 2.70. The van der Waals surface area contributed by atoms with Gasteiger partial charge in [-0.25, -0.2) is 14.6 Å². The lowest BCUT2D eigenvalue weighted by atomic mass is 9.39. The number of esters is 3. The summed E-state index contributed by atoms with van der Waals surface area (Å²) >= 11 is 1.30. The zero-order valence-corrected chi connectivity index (χ0v) is 24.0. The highest BCUT2D eigenvalue weighted by Crippen LogP contribution is 2.68. The summed E-state index contributed by atoms with van der Waals surface area (Å²) < 4.78 is 19.7. The van der Waals surface area contributed by atoms with Crippen LogP contribution in [-0.4, -0.2) is 84.3 Å². The number of carbonyl (C=O) groups excluding carboxylic acids is 6. The van der Waals surface area contributed by atoms with Crippen molar-refractivity contribution in [2.24, 2.45) is 0 Å². The van der Waals surface area contributed by atoms with Crippen molar-refractivity contribution >= 4 is 47.2 Å². The Balaban J connectivity index is 1.62. The molecular weight excluding hydrogens is 548 g/mol. The summed E-state index contributed by atoms with van der Waals surface area (Å²) in [6.45, 7) is 6.62. The van der Waals surface area contributed by atoms with Crippen LogP contribution >= 0.6 is 11.3 Å². The van der Waals surface area contributed by atoms with Gasteiger partial charge in [-0.15, -0.1) is 11.3 Å². The van der Waals surface area contributed by atoms with Crippen LogP contribution in [0.2, 0.25) is 0 Å². The fourth-order valence-corrected chi connectivity index (χ4v) is 5.69. The maximum Gasteiger partial charge on any atom is 0.408 e. The molecule has 1 heterocycles. The van der Waals surface area contributed by atoms with Crippen molar-refractivity contribution in [2.75, 3.05) is 20.3 Å². The Bertz CT molecular complexity index is 1170. The van der Waals surface area contributed by atoms with Crippen molar-refractivity contribution < 1.29 is 47.7 Å². The number of alkyl carbamates (subject to hydrolysis) is 1. The van der Waals surface area contributed by atoms with E-state index in [9.17, 15) is 28.8 Å². The second-order valence-corrected chi connectivity index (χ2v) is 11.8. The normalized spacial score (nSPS) is 22.2. The highest BCUT2D eigenvalue weighted by molar-refractivity contribution is 7.10. The Hall–Kier alpha value is -3.75. The molecule has 3 aliphatic rings. The van der Waals surface area contributed by atoms with E-state index in [0.717, 1.165) is 26.0 Å². The Morgan fingerprint density at radius 1 is 0.975 bits per heavy atom. The van der Waals surface area contributed by atoms with E-state index < -0.39 is 66.7 Å². The van der Waals surface area contributed by atoms with E-state index in [1.807, 2.05) is 0 Å². The Morgan fingerprint density at radius 3 is 2.08 bits per heavy atom. The molecule has 3 fully saturated rings. The molecule has 0 spiro atoms. The van der Waals surface area contributed by atoms with E-state index in [1.54, 1.807) is 26.2 Å². The number of rotatable bonds is 11. The van der Waals surface area contributed by atoms with Crippen LogP contribution in [0.1, 0.15) is 69.4 Å². The third-order valence-corrected chi connectivity index (χ3v) is 7.41. The number of hydrogen-bond donors (Lipinski definition) is 3. The number of carbonyl (C=O) groups is 6. The van der Waals surface area contributed by atoms with Crippen molar-refractivity contribution in [2.45, 2.75) is 82.5 Å². The van der Waals surface area contributed by atoms with Gasteiger partial charge in [-0.2, -0.15) is 0 Å². The van der Waals surface area contributed by atoms with Crippen LogP contribution in [0.3, 0.4) is 0 Å². The molecule has 0 radical (unpaired) electrons. The number of hydrogen-bond acceptors (Lipinski definition) is 12. The molecule has 0 aromatic carbocycles. The molecule has 40 heavy (non-hydrogen) atoms. The number of ether oxygens (including phenoxy) is 4. The number of amides is 3. The molecule has 4 rings (SSSR count). The molecule has 3 aliphatic carbocycles. The second kappa shape index (κ2) is 11.8. The molecular formula is C25H34N4O10S. The van der Waals surface area contributed by atoms with Crippen molar-refractivity contribution in [3.8, 4) is 0 Å². The highest BCUT2D eigenvalue weighted by atomic mass is 32.1. The Morgan fingerprint density at radius 2 is 1.55 bits per heavy atom. The first-order chi connectivity index (χ1) is 18.6. The number of thiazole rings is 1. The van der Waals surface area contributed by atoms with E-state index in [0.29, 0.717) is 19.3 Å². The molecule has 3 N–H and O–H groups in total. The minimum atomic E-state index is -1.39. The summed E-state index contributed by atoms with van der Waals surface area (Å²) in [7, 11) is 1.09. The zero-order valence-electron chi connectivity index (χ0n) is 23.2. The van der Waals surface area contributed by atoms with Crippen molar-refractivity contribution in [3.05, 3.63) is 16.1 Å². The molecule has 14 nitrogen and oxygen atoms in total. The van der Waals surface area contributed by atoms with E-state index >= 15 is 0 Å². The van der Waals surface area contributed by atoms with Gasteiger partial charge in [0.25, 0.3) is 5.91 Å². The van der Waals surface area contributed by atoms with E-state index in [2.05, 4.69) is 25.7 Å². The summed E-state index contributed by atoms with van der Waals surface area (Å²) in [5.74, 6) is -3.82. The molecule has 0 unspecified atom stereocenters. The molecule has 220 valence electrons. The third-order valence-electron chi connectivity index (χ3n) is 6.32. The summed E-state index contributed by atoms with van der Waals surface area (Å²) in [5.41, 5.74) is -1.12. The predicted molar refractivity (Wildman–Crippen MR) is 138 cm³/mol. The lowest BCUT2D eigenvalue weighted by molar-refractivity contribution is -0.152. The summed E-state index contributed by atoms with van der Waals surface area (Å²) in [4.78, 5) is 77.0. The van der Waals surface area contributed by atoms with Crippen molar-refractivity contribution in [1.82, 2.24) is 20.9 Å². The molecule has 0 saturated heterocycles. The molecule has 1 aromatic rings. The lowest BCUT2D eigenvalue weighted by Gasteiger charge is -2.69. The van der Waals surface area contributed by atoms with Crippen molar-refractivity contribution in [3.63, 3.8) is 0 Å². The SMILES string of the molecule is COC(=O)[C@H](COC(C)=O)NC(=O)[C@H](COC(C)=O)NC(=O)c1csc(C23CC(NC(=O)OC(C)(C)C)(C2)C3)n1. The first kappa shape index (κ1) is 30.8. The molecule has 1 aromatic heterocycles. The maximum atomic E-state index is 13.0. The van der Waals surface area contributed by atoms with Gasteiger partial charge in [-0.05, 0) is 40.0 Å². The maximum absolute atomic E-state index is 13.0. The quantitative estimate of drug-likeness (QED) is 0.246. The fraction of sp³-hybridized carbons (Fsp3) is 0.640. The van der Waals surface area contributed by atoms with E-state index in [4.69, 9.17) is 14.2 Å². The van der Waals surface area contributed by atoms with Gasteiger partial charge in [0.2, 0.25) is 5.91 Å². The zero-order chi connectivity index (χ0) is 29.9. The van der Waals surface area contributed by atoms with Crippen LogP contribution in [0.4, 0.5) is 4.79 Å². The summed E-state index contributed by atoms with van der Waals surface area (Å²) in [5, 5.41) is 10.0. The minimum absolute atomic E-state index is 0.0592. The average molecular weight is 583 g/mol. The van der Waals surface area contributed by atoms with Crippen LogP contribution in [0.5, 0.6) is 0 Å². The Kier molecular flexibility index (Phi) is 9.07. The van der Waals surface area contributed by atoms with Gasteiger partial charge in [0.05, 0.1) is 12.1 Å². The van der Waals surface area contributed by atoms with Crippen LogP contribution in [0.15, 0.2) is 5.38 Å². The number of aromatic nitrogens is 1. The lowest BCUT2D eigenvalue weighted by Crippen LogP contribution is -2.76. The van der Waals surface area contributed by atoms with Crippen LogP contribution < -0.4 is 16.0 Å². The Labute approximate surface area is 234 Å². The smallest absolute Gasteiger partial charge is 0.408 e. The van der Waals surface area contributed by atoms with Gasteiger partial charge in [-0.1, -0.05) is 0 Å². The number of methoxy groups -OCH3 is 1. The average Bonchev–Trinajstić information content (AvgIpc) is 3.28. The summed E-state index contributed by atoms with van der Waals surface area (Å²) in [6, 6.07) is -2.74. The first-order valence-corrected chi connectivity index (χ1v) is 13.4. The van der Waals surface area contributed by atoms with Crippen LogP contribution in [0, 0.1) is 0 Å². The monoisotopic (exact) mass is 582 g/mol. The topological polar surface area (TPSA) is 188 Å². The molecule has 0 aliphatic heterocycles. The van der Waals surface area contributed by atoms with Crippen molar-refractivity contribution in [1.29, 1.82) is 0 Å². The molecule has 15 heteroatoms. The second-order valence-electron chi connectivity index (χ2n) is 11.0. The van der Waals surface area contributed by atoms with Gasteiger partial charge in [0.15, 0.2) is 6.04 Å². The molecule has 2 atom stereocenters. The van der Waals surface area contributed by atoms with E-state index in [-0.39, 0.29) is 16.6 Å². The molecule has 3 amide bonds. The van der Waals surface area contributed by atoms with Gasteiger partial charge >= 0.3 is 24.0 Å². The first-order valence-electron chi connectivity index (χ1n) is 12.5. The van der Waals surface area contributed by atoms with Crippen LogP contribution in [0.25, 0.3) is 0 Å². The molecule has 2 bridgehead atoms. The summed E-state index contributed by atoms with van der Waals surface area (Å²) in [6.07, 6.45) is 1.53. The molecule has 3 saturated carbocycles. The minimum Gasteiger partial charge on any atom is -0.467 e. The van der Waals surface area contributed by atoms with Gasteiger partial charge < -0.3 is 34.9 Å². The van der Waals surface area contributed by atoms with Gasteiger partial charge in [-0.3, -0.25) is 19.2 Å². The number of nitrogens with one attached hydrogen (secondary N) is 3. The third kappa shape index (κ3) is 7.46. The van der Waals surface area contributed by atoms with E-state index in [1.165, 1.54) is 11.3 Å². The largest absolute Gasteiger partial charge is 0.467 e. The van der Waals surface area contributed by atoms with Gasteiger partial charge in [0.1, 0.15) is 30.6 Å². The van der Waals surface area contributed by atoms with Gasteiger partial charge in [0, 0.05) is 30.2 Å². The van der Waals surface area contributed by atoms with Crippen LogP contribution in [-0.2, 0) is 43.5 Å². The fourth-order valence-electron chi connectivity index (χ4n) is 4.69.